The Kier molecular flexibility index (Phi) is 16.0. The van der Waals surface area contributed by atoms with E-state index >= 15 is 0 Å². The van der Waals surface area contributed by atoms with E-state index in [1.165, 1.54) is 4.88 Å². The van der Waals surface area contributed by atoms with Gasteiger partial charge in [0.1, 0.15) is 13.2 Å². The fourth-order valence-electron chi connectivity index (χ4n) is 2.84. The zero-order valence-electron chi connectivity index (χ0n) is 21.3. The van der Waals surface area contributed by atoms with E-state index in [1.54, 1.807) is 11.3 Å². The summed E-state index contributed by atoms with van der Waals surface area (Å²) in [5.74, 6) is 1.66. The first-order valence-electron chi connectivity index (χ1n) is 12.1. The Balaban J connectivity index is 2.42. The molecule has 0 aliphatic heterocycles. The van der Waals surface area contributed by atoms with Crippen molar-refractivity contribution in [2.75, 3.05) is 66.1 Å². The summed E-state index contributed by atoms with van der Waals surface area (Å²) in [6, 6.07) is 0. The van der Waals surface area contributed by atoms with Crippen molar-refractivity contribution in [2.24, 2.45) is 0 Å². The third-order valence-corrected chi connectivity index (χ3v) is 6.14. The van der Waals surface area contributed by atoms with Crippen molar-refractivity contribution in [3.05, 3.63) is 9.75 Å². The van der Waals surface area contributed by atoms with Crippen LogP contribution >= 0.6 is 11.3 Å². The van der Waals surface area contributed by atoms with Gasteiger partial charge in [-0.3, -0.25) is 0 Å². The van der Waals surface area contributed by atoms with E-state index in [0.717, 1.165) is 55.3 Å². The second-order valence-electron chi connectivity index (χ2n) is 8.75. The summed E-state index contributed by atoms with van der Waals surface area (Å²) in [4.78, 5) is 2.32. The summed E-state index contributed by atoms with van der Waals surface area (Å²) in [5.41, 5.74) is -0.0212. The lowest BCUT2D eigenvalue weighted by Gasteiger charge is -2.20. The quantitative estimate of drug-likeness (QED) is 0.223. The third kappa shape index (κ3) is 12.4. The van der Waals surface area contributed by atoms with Crippen LogP contribution in [0.1, 0.15) is 70.1 Å². The molecule has 0 N–H and O–H groups in total. The maximum absolute atomic E-state index is 6.15. The number of hydrogen-bond acceptors (Lipinski definition) is 7. The van der Waals surface area contributed by atoms with E-state index in [4.69, 9.17) is 28.4 Å². The molecule has 7 heteroatoms. The summed E-state index contributed by atoms with van der Waals surface area (Å²) in [5, 5.41) is 0. The molecule has 0 radical (unpaired) electrons. The topological polar surface area (TPSA) is 55.4 Å². The molecule has 1 aromatic rings. The SMILES string of the molecule is CCCCOCCOCCOc1c(C)sc(C(C)(C)C)c1OCCOCCOCCCC. The highest BCUT2D eigenvalue weighted by atomic mass is 32.1. The molecule has 0 aliphatic rings. The average Bonchev–Trinajstić information content (AvgIpc) is 3.07. The van der Waals surface area contributed by atoms with Crippen LogP contribution in [0.15, 0.2) is 0 Å². The van der Waals surface area contributed by atoms with Crippen molar-refractivity contribution in [3.63, 3.8) is 0 Å². The van der Waals surface area contributed by atoms with Gasteiger partial charge in [0.25, 0.3) is 0 Å². The minimum atomic E-state index is -0.0212. The van der Waals surface area contributed by atoms with Crippen LogP contribution in [-0.2, 0) is 24.4 Å². The highest BCUT2D eigenvalue weighted by Crippen LogP contribution is 2.47. The van der Waals surface area contributed by atoms with Gasteiger partial charge in [0.2, 0.25) is 0 Å². The molecule has 0 aromatic carbocycles. The van der Waals surface area contributed by atoms with Crippen LogP contribution in [0.25, 0.3) is 0 Å². The zero-order valence-corrected chi connectivity index (χ0v) is 22.1. The molecule has 1 heterocycles. The van der Waals surface area contributed by atoms with Crippen molar-refractivity contribution in [3.8, 4) is 11.5 Å². The number of thiophene rings is 1. The largest absolute Gasteiger partial charge is 0.486 e. The van der Waals surface area contributed by atoms with E-state index < -0.39 is 0 Å². The lowest BCUT2D eigenvalue weighted by Crippen LogP contribution is -2.15. The monoisotopic (exact) mass is 474 g/mol. The molecule has 6 nitrogen and oxygen atoms in total. The van der Waals surface area contributed by atoms with Gasteiger partial charge in [0, 0.05) is 23.5 Å². The lowest BCUT2D eigenvalue weighted by molar-refractivity contribution is 0.0323. The number of unbranched alkanes of at least 4 members (excludes halogenated alkanes) is 2. The highest BCUT2D eigenvalue weighted by Gasteiger charge is 2.27. The van der Waals surface area contributed by atoms with Crippen LogP contribution in [0.2, 0.25) is 0 Å². The van der Waals surface area contributed by atoms with Crippen molar-refractivity contribution in [2.45, 2.75) is 72.6 Å². The van der Waals surface area contributed by atoms with Crippen LogP contribution in [0, 0.1) is 6.92 Å². The van der Waals surface area contributed by atoms with E-state index in [9.17, 15) is 0 Å². The summed E-state index contributed by atoms with van der Waals surface area (Å²) in [7, 11) is 0. The Labute approximate surface area is 199 Å². The second kappa shape index (κ2) is 17.6. The number of hydrogen-bond donors (Lipinski definition) is 0. The van der Waals surface area contributed by atoms with Gasteiger partial charge in [-0.25, -0.2) is 0 Å². The van der Waals surface area contributed by atoms with E-state index in [0.29, 0.717) is 52.9 Å². The molecule has 0 aliphatic carbocycles. The standard InChI is InChI=1S/C25H46O6S/c1-7-9-11-26-13-15-28-17-19-30-22-21(3)32-24(25(4,5)6)23(22)31-20-18-29-16-14-27-12-10-8-2/h7-20H2,1-6H3. The Morgan fingerprint density at radius 3 is 1.44 bits per heavy atom. The van der Waals surface area contributed by atoms with Gasteiger partial charge in [0.15, 0.2) is 11.5 Å². The van der Waals surface area contributed by atoms with E-state index in [-0.39, 0.29) is 5.41 Å². The van der Waals surface area contributed by atoms with Crippen molar-refractivity contribution < 1.29 is 28.4 Å². The van der Waals surface area contributed by atoms with Crippen LogP contribution < -0.4 is 9.47 Å². The van der Waals surface area contributed by atoms with Gasteiger partial charge in [0.05, 0.1) is 44.5 Å². The summed E-state index contributed by atoms with van der Waals surface area (Å²) in [6.07, 6.45) is 4.48. The molecule has 0 atom stereocenters. The van der Waals surface area contributed by atoms with Crippen molar-refractivity contribution in [1.29, 1.82) is 0 Å². The molecule has 188 valence electrons. The number of rotatable bonds is 20. The molecule has 0 unspecified atom stereocenters. The molecule has 0 saturated carbocycles. The molecule has 0 spiro atoms. The summed E-state index contributed by atoms with van der Waals surface area (Å²) >= 11 is 1.74. The normalized spacial score (nSPS) is 11.8. The average molecular weight is 475 g/mol. The number of aryl methyl sites for hydroxylation is 1. The van der Waals surface area contributed by atoms with Gasteiger partial charge < -0.3 is 28.4 Å². The maximum atomic E-state index is 6.15. The maximum Gasteiger partial charge on any atom is 0.176 e. The second-order valence-corrected chi connectivity index (χ2v) is 9.97. The summed E-state index contributed by atoms with van der Waals surface area (Å²) in [6.45, 7) is 19.0. The summed E-state index contributed by atoms with van der Waals surface area (Å²) < 4.78 is 34.5. The van der Waals surface area contributed by atoms with Gasteiger partial charge in [-0.1, -0.05) is 47.5 Å². The van der Waals surface area contributed by atoms with Gasteiger partial charge in [-0.2, -0.15) is 0 Å². The first-order chi connectivity index (χ1) is 15.4. The van der Waals surface area contributed by atoms with Crippen LogP contribution in [-0.4, -0.2) is 66.1 Å². The molecule has 0 saturated heterocycles. The molecular weight excluding hydrogens is 428 g/mol. The molecule has 0 fully saturated rings. The van der Waals surface area contributed by atoms with Crippen molar-refractivity contribution >= 4 is 11.3 Å². The minimum absolute atomic E-state index is 0.0212. The van der Waals surface area contributed by atoms with Crippen LogP contribution in [0.3, 0.4) is 0 Å². The van der Waals surface area contributed by atoms with Gasteiger partial charge >= 0.3 is 0 Å². The molecule has 0 bridgehead atoms. The van der Waals surface area contributed by atoms with E-state index in [1.807, 2.05) is 0 Å². The van der Waals surface area contributed by atoms with Gasteiger partial charge in [-0.05, 0) is 19.8 Å². The Morgan fingerprint density at radius 2 is 1.00 bits per heavy atom. The van der Waals surface area contributed by atoms with Crippen LogP contribution in [0.4, 0.5) is 0 Å². The molecule has 1 rings (SSSR count). The predicted octanol–water partition coefficient (Wildman–Crippen LogP) is 5.78. The highest BCUT2D eigenvalue weighted by molar-refractivity contribution is 7.12. The Morgan fingerprint density at radius 1 is 0.594 bits per heavy atom. The molecule has 0 amide bonds. The molecule has 1 aromatic heterocycles. The first-order valence-corrected chi connectivity index (χ1v) is 12.9. The third-order valence-electron chi connectivity index (χ3n) is 4.65. The lowest BCUT2D eigenvalue weighted by atomic mass is 9.94. The van der Waals surface area contributed by atoms with Gasteiger partial charge in [-0.15, -0.1) is 11.3 Å². The number of ether oxygens (including phenoxy) is 6. The predicted molar refractivity (Wildman–Crippen MR) is 132 cm³/mol. The molecular formula is C25H46O6S. The zero-order chi connectivity index (χ0) is 23.7. The van der Waals surface area contributed by atoms with Crippen molar-refractivity contribution in [1.82, 2.24) is 0 Å². The fraction of sp³-hybridized carbons (Fsp3) is 0.840. The van der Waals surface area contributed by atoms with E-state index in [2.05, 4.69) is 41.5 Å². The first kappa shape index (κ1) is 29.2. The Bertz CT molecular complexity index is 582. The fourth-order valence-corrected chi connectivity index (χ4v) is 3.94. The smallest absolute Gasteiger partial charge is 0.176 e. The minimum Gasteiger partial charge on any atom is -0.486 e. The molecule has 32 heavy (non-hydrogen) atoms. The van der Waals surface area contributed by atoms with Crippen LogP contribution in [0.5, 0.6) is 11.5 Å². The Hall–Kier alpha value is -0.860.